The Hall–Kier alpha value is -1.68. The number of rotatable bonds is 0. The Balaban J connectivity index is 1.81. The summed E-state index contributed by atoms with van der Waals surface area (Å²) in [6.45, 7) is 0. The van der Waals surface area contributed by atoms with Crippen LogP contribution in [0.1, 0.15) is 17.2 Å². The number of epoxide rings is 1. The van der Waals surface area contributed by atoms with E-state index < -0.39 is 12.2 Å². The van der Waals surface area contributed by atoms with E-state index in [1.165, 1.54) is 10.8 Å². The molecular weight excluding hydrogens is 264 g/mol. The zero-order valence-corrected chi connectivity index (χ0v) is 11.4. The zero-order valence-electron chi connectivity index (χ0n) is 11.4. The monoisotopic (exact) mass is 280 g/mol. The lowest BCUT2D eigenvalue weighted by molar-refractivity contribution is 0.0149. The summed E-state index contributed by atoms with van der Waals surface area (Å²) in [5.41, 5.74) is 3.22. The minimum Gasteiger partial charge on any atom is -0.390 e. The normalized spacial score (nSPS) is 38.0. The van der Waals surface area contributed by atoms with Crippen molar-refractivity contribution in [3.63, 3.8) is 0 Å². The molecule has 1 saturated heterocycles. The molecule has 3 nitrogen and oxygen atoms in total. The lowest BCUT2D eigenvalue weighted by atomic mass is 9.74. The Labute approximate surface area is 122 Å². The van der Waals surface area contributed by atoms with Crippen molar-refractivity contribution in [2.75, 3.05) is 0 Å². The van der Waals surface area contributed by atoms with Crippen LogP contribution >= 0.6 is 0 Å². The number of aliphatic hydroxyl groups is 2. The molecule has 1 heterocycles. The van der Waals surface area contributed by atoms with Gasteiger partial charge in [-0.25, -0.2) is 0 Å². The highest BCUT2D eigenvalue weighted by molar-refractivity contribution is 5.60. The van der Waals surface area contributed by atoms with Gasteiger partial charge in [0.1, 0.15) is 12.2 Å². The van der Waals surface area contributed by atoms with Crippen LogP contribution in [0.15, 0.2) is 35.9 Å². The van der Waals surface area contributed by atoms with Crippen LogP contribution in [0, 0.1) is 5.92 Å². The number of aliphatic hydroxyl groups excluding tert-OH is 2. The Morgan fingerprint density at radius 3 is 2.95 bits per heavy atom. The van der Waals surface area contributed by atoms with Gasteiger partial charge < -0.3 is 14.9 Å². The molecule has 3 aliphatic carbocycles. The molecule has 1 aliphatic heterocycles. The molecule has 0 aromatic heterocycles. The van der Waals surface area contributed by atoms with E-state index >= 15 is 0 Å². The van der Waals surface area contributed by atoms with Crippen molar-refractivity contribution in [1.82, 2.24) is 0 Å². The van der Waals surface area contributed by atoms with Crippen molar-refractivity contribution < 1.29 is 14.9 Å². The van der Waals surface area contributed by atoms with Crippen molar-refractivity contribution in [1.29, 1.82) is 0 Å². The summed E-state index contributed by atoms with van der Waals surface area (Å²) in [5.74, 6) is -0.265. The minimum atomic E-state index is -0.666. The summed E-state index contributed by atoms with van der Waals surface area (Å²) in [4.78, 5) is 0. The van der Waals surface area contributed by atoms with E-state index in [1.54, 1.807) is 0 Å². The molecule has 2 N–H and O–H groups in total. The fourth-order valence-corrected chi connectivity index (χ4v) is 3.97. The fourth-order valence-electron chi connectivity index (χ4n) is 3.97. The first-order valence-electron chi connectivity index (χ1n) is 7.48. The van der Waals surface area contributed by atoms with E-state index in [-0.39, 0.29) is 18.1 Å². The number of benzene rings is 1. The van der Waals surface area contributed by atoms with Crippen LogP contribution < -0.4 is 10.4 Å². The highest BCUT2D eigenvalue weighted by Gasteiger charge is 2.53. The van der Waals surface area contributed by atoms with Crippen LogP contribution in [0.5, 0.6) is 0 Å². The molecule has 3 heteroatoms. The van der Waals surface area contributed by atoms with Crippen LogP contribution in [-0.4, -0.2) is 28.5 Å². The first-order valence-corrected chi connectivity index (χ1v) is 7.48. The molecule has 5 rings (SSSR count). The van der Waals surface area contributed by atoms with Crippen molar-refractivity contribution in [3.05, 3.63) is 57.5 Å². The third kappa shape index (κ3) is 1.54. The molecule has 1 fully saturated rings. The lowest BCUT2D eigenvalue weighted by Crippen LogP contribution is -2.44. The highest BCUT2D eigenvalue weighted by atomic mass is 16.6. The van der Waals surface area contributed by atoms with Crippen LogP contribution in [0.4, 0.5) is 0 Å². The molecule has 5 atom stereocenters. The molecule has 106 valence electrons. The minimum absolute atomic E-state index is 0.0275. The van der Waals surface area contributed by atoms with Gasteiger partial charge in [0.05, 0.1) is 12.2 Å². The van der Waals surface area contributed by atoms with Crippen molar-refractivity contribution >= 4 is 12.2 Å². The Bertz CT molecular complexity index is 818. The topological polar surface area (TPSA) is 53.0 Å². The molecule has 0 amide bonds. The summed E-state index contributed by atoms with van der Waals surface area (Å²) in [7, 11) is 0. The predicted molar refractivity (Wildman–Crippen MR) is 78.7 cm³/mol. The quantitative estimate of drug-likeness (QED) is 0.662. The molecule has 0 spiro atoms. The van der Waals surface area contributed by atoms with Gasteiger partial charge in [0.15, 0.2) is 0 Å². The van der Waals surface area contributed by atoms with Crippen LogP contribution in [0.3, 0.4) is 0 Å². The summed E-state index contributed by atoms with van der Waals surface area (Å²) >= 11 is 0. The summed E-state index contributed by atoms with van der Waals surface area (Å²) in [5, 5.41) is 23.4. The second-order valence-corrected chi connectivity index (χ2v) is 6.28. The maximum Gasteiger partial charge on any atom is 0.115 e. The van der Waals surface area contributed by atoms with Crippen molar-refractivity contribution in [2.24, 2.45) is 5.92 Å². The molecule has 5 unspecified atom stereocenters. The number of hydrogen-bond donors (Lipinski definition) is 2. The van der Waals surface area contributed by atoms with E-state index in [4.69, 9.17) is 4.74 Å². The van der Waals surface area contributed by atoms with Crippen molar-refractivity contribution in [3.8, 4) is 0 Å². The number of fused-ring (bicyclic) bond motifs is 5. The summed E-state index contributed by atoms with van der Waals surface area (Å²) < 4.78 is 5.47. The lowest BCUT2D eigenvalue weighted by Gasteiger charge is -2.34. The van der Waals surface area contributed by atoms with Gasteiger partial charge in [-0.1, -0.05) is 36.4 Å². The van der Waals surface area contributed by atoms with Crippen LogP contribution in [0.25, 0.3) is 12.2 Å². The maximum atomic E-state index is 10.8. The van der Waals surface area contributed by atoms with E-state index in [1.807, 2.05) is 6.07 Å². The molecule has 21 heavy (non-hydrogen) atoms. The second-order valence-electron chi connectivity index (χ2n) is 6.28. The maximum absolute atomic E-state index is 10.8. The number of allylic oxidation sites excluding steroid dienone is 2. The Kier molecular flexibility index (Phi) is 2.24. The molecule has 0 radical (unpaired) electrons. The van der Waals surface area contributed by atoms with Crippen LogP contribution in [0.2, 0.25) is 0 Å². The Morgan fingerprint density at radius 2 is 2.05 bits per heavy atom. The molecule has 0 saturated carbocycles. The van der Waals surface area contributed by atoms with Gasteiger partial charge in [-0.15, -0.1) is 0 Å². The third-order valence-electron chi connectivity index (χ3n) is 5.13. The SMILES string of the molecule is OC1c2ccc3c(c2=CC2=CC4OC4C(O)C21)=CC=CC3. The van der Waals surface area contributed by atoms with Gasteiger partial charge in [-0.2, -0.15) is 0 Å². The standard InChI is InChI=1S/C18H16O3/c19-16-12-6-5-9-3-1-2-4-11(9)13(12)7-10-8-14-18(21-14)17(20)15(10)16/h1-2,4-8,14-20H,3H2. The molecule has 1 aromatic rings. The smallest absolute Gasteiger partial charge is 0.115 e. The van der Waals surface area contributed by atoms with Gasteiger partial charge in [0.2, 0.25) is 0 Å². The van der Waals surface area contributed by atoms with Gasteiger partial charge >= 0.3 is 0 Å². The van der Waals surface area contributed by atoms with E-state index in [0.717, 1.165) is 22.8 Å². The molecule has 1 aromatic carbocycles. The van der Waals surface area contributed by atoms with Crippen molar-refractivity contribution in [2.45, 2.75) is 30.8 Å². The van der Waals surface area contributed by atoms with Gasteiger partial charge in [0.25, 0.3) is 0 Å². The average molecular weight is 280 g/mol. The number of ether oxygens (including phenoxy) is 1. The highest BCUT2D eigenvalue weighted by Crippen LogP contribution is 2.45. The third-order valence-corrected chi connectivity index (χ3v) is 5.13. The zero-order chi connectivity index (χ0) is 14.1. The molecule has 0 bridgehead atoms. The Morgan fingerprint density at radius 1 is 1.14 bits per heavy atom. The van der Waals surface area contributed by atoms with Gasteiger partial charge in [0, 0.05) is 5.92 Å². The van der Waals surface area contributed by atoms with E-state index in [2.05, 4.69) is 36.4 Å². The van der Waals surface area contributed by atoms with E-state index in [9.17, 15) is 10.2 Å². The fraction of sp³-hybridized carbons (Fsp3) is 0.333. The second kappa shape index (κ2) is 3.95. The summed E-state index contributed by atoms with van der Waals surface area (Å²) in [6, 6.07) is 4.09. The first kappa shape index (κ1) is 11.9. The largest absolute Gasteiger partial charge is 0.390 e. The molecular formula is C18H16O3. The summed E-state index contributed by atoms with van der Waals surface area (Å²) in [6.07, 6.45) is 10.1. The number of hydrogen-bond acceptors (Lipinski definition) is 3. The predicted octanol–water partition coefficient (Wildman–Crippen LogP) is 0.0914. The van der Waals surface area contributed by atoms with Crippen LogP contribution in [-0.2, 0) is 11.2 Å². The van der Waals surface area contributed by atoms with Gasteiger partial charge in [-0.05, 0) is 39.6 Å². The average Bonchev–Trinajstić information content (AvgIpc) is 3.27. The van der Waals surface area contributed by atoms with Gasteiger partial charge in [-0.3, -0.25) is 0 Å². The molecule has 4 aliphatic rings. The van der Waals surface area contributed by atoms with E-state index in [0.29, 0.717) is 0 Å². The first-order chi connectivity index (χ1) is 10.2.